The third kappa shape index (κ3) is 2.43. The van der Waals surface area contributed by atoms with Gasteiger partial charge in [-0.15, -0.1) is 0 Å². The van der Waals surface area contributed by atoms with E-state index in [9.17, 15) is 0 Å². The number of benzene rings is 4. The van der Waals surface area contributed by atoms with Gasteiger partial charge in [0.05, 0.1) is 7.11 Å². The maximum absolute atomic E-state index is 5.77. The number of methoxy groups -OCH3 is 1. The lowest BCUT2D eigenvalue weighted by atomic mass is 9.94. The first-order valence-corrected chi connectivity index (χ1v) is 8.30. The summed E-state index contributed by atoms with van der Waals surface area (Å²) in [5, 5.41) is 5.13. The molecule has 0 atom stereocenters. The van der Waals surface area contributed by atoms with Gasteiger partial charge in [-0.3, -0.25) is 0 Å². The number of hydrogen-bond donors (Lipinski definition) is 0. The Morgan fingerprint density at radius 1 is 0.708 bits per heavy atom. The molecule has 4 rings (SSSR count). The van der Waals surface area contributed by atoms with Crippen LogP contribution in [-0.4, -0.2) is 7.11 Å². The van der Waals surface area contributed by atoms with Crippen molar-refractivity contribution in [3.63, 3.8) is 0 Å². The summed E-state index contributed by atoms with van der Waals surface area (Å²) >= 11 is 0. The predicted molar refractivity (Wildman–Crippen MR) is 102 cm³/mol. The van der Waals surface area contributed by atoms with E-state index in [1.54, 1.807) is 7.11 Å². The van der Waals surface area contributed by atoms with E-state index in [2.05, 4.69) is 79.7 Å². The Hall–Kier alpha value is -2.80. The van der Waals surface area contributed by atoms with E-state index in [4.69, 9.17) is 4.74 Å². The molecule has 0 unspecified atom stereocenters. The highest BCUT2D eigenvalue weighted by Crippen LogP contribution is 2.34. The first-order valence-electron chi connectivity index (χ1n) is 8.30. The van der Waals surface area contributed by atoms with Crippen LogP contribution in [0.4, 0.5) is 0 Å². The highest BCUT2D eigenvalue weighted by molar-refractivity contribution is 5.90. The Morgan fingerprint density at radius 2 is 1.38 bits per heavy atom. The minimum atomic E-state index is 0.871. The molecule has 0 saturated carbocycles. The molecule has 0 bridgehead atoms. The molecule has 0 radical (unpaired) electrons. The summed E-state index contributed by atoms with van der Waals surface area (Å²) < 4.78 is 5.77. The van der Waals surface area contributed by atoms with Crippen LogP contribution in [0, 0.1) is 6.92 Å². The van der Waals surface area contributed by atoms with Crippen molar-refractivity contribution in [1.29, 1.82) is 0 Å². The van der Waals surface area contributed by atoms with Crippen LogP contribution in [0.25, 0.3) is 21.5 Å². The largest absolute Gasteiger partial charge is 0.496 e. The molecule has 0 heterocycles. The smallest absolute Gasteiger partial charge is 0.125 e. The zero-order chi connectivity index (χ0) is 16.5. The molecule has 24 heavy (non-hydrogen) atoms. The Morgan fingerprint density at radius 3 is 2.17 bits per heavy atom. The fourth-order valence-corrected chi connectivity index (χ4v) is 3.65. The quantitative estimate of drug-likeness (QED) is 0.457. The summed E-state index contributed by atoms with van der Waals surface area (Å²) in [6.07, 6.45) is 0.871. The molecule has 0 fully saturated rings. The van der Waals surface area contributed by atoms with Gasteiger partial charge in [0.15, 0.2) is 0 Å². The van der Waals surface area contributed by atoms with Crippen molar-refractivity contribution < 1.29 is 4.74 Å². The average Bonchev–Trinajstić information content (AvgIpc) is 2.62. The second-order valence-electron chi connectivity index (χ2n) is 6.23. The fourth-order valence-electron chi connectivity index (χ4n) is 3.65. The summed E-state index contributed by atoms with van der Waals surface area (Å²) in [6.45, 7) is 2.15. The maximum atomic E-state index is 5.77. The second-order valence-corrected chi connectivity index (χ2v) is 6.23. The molecule has 0 saturated heterocycles. The second kappa shape index (κ2) is 6.01. The van der Waals surface area contributed by atoms with Crippen molar-refractivity contribution in [3.8, 4) is 5.75 Å². The van der Waals surface area contributed by atoms with E-state index in [0.29, 0.717) is 0 Å². The normalized spacial score (nSPS) is 11.1. The van der Waals surface area contributed by atoms with Gasteiger partial charge in [0, 0.05) is 6.42 Å². The van der Waals surface area contributed by atoms with Gasteiger partial charge < -0.3 is 4.74 Å². The van der Waals surface area contributed by atoms with Gasteiger partial charge in [-0.1, -0.05) is 66.7 Å². The monoisotopic (exact) mass is 312 g/mol. The molecule has 0 amide bonds. The van der Waals surface area contributed by atoms with E-state index in [-0.39, 0.29) is 0 Å². The van der Waals surface area contributed by atoms with Crippen LogP contribution in [0.3, 0.4) is 0 Å². The molecule has 0 aliphatic carbocycles. The van der Waals surface area contributed by atoms with Gasteiger partial charge in [-0.05, 0) is 51.2 Å². The number of aryl methyl sites for hydroxylation is 1. The Labute approximate surface area is 142 Å². The van der Waals surface area contributed by atoms with Crippen molar-refractivity contribution in [2.24, 2.45) is 0 Å². The van der Waals surface area contributed by atoms with Crippen LogP contribution in [0.1, 0.15) is 16.7 Å². The van der Waals surface area contributed by atoms with Gasteiger partial charge in [0.25, 0.3) is 0 Å². The standard InChI is InChI=1S/C23H20O/c1-16-21-12-5-4-9-18(21)14-20(23(16)24-2)15-19-11-7-10-17-8-3-6-13-22(17)19/h3-14H,15H2,1-2H3. The van der Waals surface area contributed by atoms with E-state index in [1.807, 2.05) is 0 Å². The average molecular weight is 312 g/mol. The lowest BCUT2D eigenvalue weighted by Gasteiger charge is -2.15. The van der Waals surface area contributed by atoms with Crippen molar-refractivity contribution in [3.05, 3.63) is 89.5 Å². The summed E-state index contributed by atoms with van der Waals surface area (Å²) in [4.78, 5) is 0. The molecule has 4 aromatic rings. The van der Waals surface area contributed by atoms with Gasteiger partial charge in [0.2, 0.25) is 0 Å². The SMILES string of the molecule is COc1c(Cc2cccc3ccccc23)cc2ccccc2c1C. The van der Waals surface area contributed by atoms with Crippen LogP contribution in [0.2, 0.25) is 0 Å². The van der Waals surface area contributed by atoms with Crippen LogP contribution in [0.5, 0.6) is 5.75 Å². The highest BCUT2D eigenvalue weighted by atomic mass is 16.5. The van der Waals surface area contributed by atoms with Gasteiger partial charge in [-0.25, -0.2) is 0 Å². The number of rotatable bonds is 3. The molecular formula is C23H20O. The van der Waals surface area contributed by atoms with E-state index in [1.165, 1.54) is 38.2 Å². The Bertz CT molecular complexity index is 1030. The molecule has 1 nitrogen and oxygen atoms in total. The van der Waals surface area contributed by atoms with Crippen LogP contribution >= 0.6 is 0 Å². The maximum Gasteiger partial charge on any atom is 0.125 e. The van der Waals surface area contributed by atoms with Gasteiger partial charge >= 0.3 is 0 Å². The third-order valence-electron chi connectivity index (χ3n) is 4.79. The fraction of sp³-hybridized carbons (Fsp3) is 0.130. The summed E-state index contributed by atoms with van der Waals surface area (Å²) in [5.74, 6) is 1.00. The van der Waals surface area contributed by atoms with Crippen molar-refractivity contribution in [1.82, 2.24) is 0 Å². The van der Waals surface area contributed by atoms with Crippen molar-refractivity contribution in [2.45, 2.75) is 13.3 Å². The van der Waals surface area contributed by atoms with Crippen molar-refractivity contribution in [2.75, 3.05) is 7.11 Å². The van der Waals surface area contributed by atoms with Crippen LogP contribution in [0.15, 0.2) is 72.8 Å². The molecule has 0 aliphatic rings. The van der Waals surface area contributed by atoms with Crippen LogP contribution < -0.4 is 4.74 Å². The summed E-state index contributed by atoms with van der Waals surface area (Å²) in [6, 6.07) is 25.9. The number of hydrogen-bond acceptors (Lipinski definition) is 1. The van der Waals surface area contributed by atoms with Gasteiger partial charge in [-0.2, -0.15) is 0 Å². The number of ether oxygens (including phenoxy) is 1. The Kier molecular flexibility index (Phi) is 3.70. The molecule has 0 aromatic heterocycles. The van der Waals surface area contributed by atoms with E-state index >= 15 is 0 Å². The first kappa shape index (κ1) is 14.8. The topological polar surface area (TPSA) is 9.23 Å². The molecule has 0 N–H and O–H groups in total. The Balaban J connectivity index is 1.90. The predicted octanol–water partition coefficient (Wildman–Crippen LogP) is 5.90. The summed E-state index contributed by atoms with van der Waals surface area (Å²) in [5.41, 5.74) is 3.79. The molecule has 118 valence electrons. The summed E-state index contributed by atoms with van der Waals surface area (Å²) in [7, 11) is 1.77. The number of fused-ring (bicyclic) bond motifs is 2. The zero-order valence-electron chi connectivity index (χ0n) is 14.0. The zero-order valence-corrected chi connectivity index (χ0v) is 14.0. The van der Waals surface area contributed by atoms with Gasteiger partial charge in [0.1, 0.15) is 5.75 Å². The molecule has 0 aliphatic heterocycles. The van der Waals surface area contributed by atoms with Crippen molar-refractivity contribution >= 4 is 21.5 Å². The molecule has 0 spiro atoms. The lowest BCUT2D eigenvalue weighted by Crippen LogP contribution is -1.98. The van der Waals surface area contributed by atoms with Crippen LogP contribution in [-0.2, 0) is 6.42 Å². The highest BCUT2D eigenvalue weighted by Gasteiger charge is 2.12. The minimum Gasteiger partial charge on any atom is -0.496 e. The minimum absolute atomic E-state index is 0.871. The van der Waals surface area contributed by atoms with E-state index in [0.717, 1.165) is 12.2 Å². The first-order chi connectivity index (χ1) is 11.8. The molecular weight excluding hydrogens is 292 g/mol. The van der Waals surface area contributed by atoms with E-state index < -0.39 is 0 Å². The lowest BCUT2D eigenvalue weighted by molar-refractivity contribution is 0.408. The molecule has 1 heteroatoms. The molecule has 4 aromatic carbocycles. The third-order valence-corrected chi connectivity index (χ3v) is 4.79.